The molecule has 9 heteroatoms. The van der Waals surface area contributed by atoms with Gasteiger partial charge in [0, 0.05) is 49.8 Å². The van der Waals surface area contributed by atoms with Gasteiger partial charge in [-0.25, -0.2) is 19.7 Å². The highest BCUT2D eigenvalue weighted by Gasteiger charge is 2.60. The minimum absolute atomic E-state index is 0.00631. The first kappa shape index (κ1) is 29.7. The van der Waals surface area contributed by atoms with Gasteiger partial charge < -0.3 is 15.3 Å². The van der Waals surface area contributed by atoms with E-state index in [0.29, 0.717) is 23.6 Å². The quantitative estimate of drug-likeness (QED) is 0.335. The fourth-order valence-electron chi connectivity index (χ4n) is 5.75. The number of hydrogen-bond donors (Lipinski definition) is 2. The largest absolute Gasteiger partial charge is 0.477 e. The number of fused-ring (bicyclic) bond motifs is 2. The van der Waals surface area contributed by atoms with E-state index in [1.807, 2.05) is 53.4 Å². The fraction of sp³-hybridized carbons (Fsp3) is 0.278. The highest BCUT2D eigenvalue weighted by Crippen LogP contribution is 2.57. The Hall–Kier alpha value is -5.38. The number of nitrogens with zero attached hydrogens (tertiary/aromatic N) is 5. The summed E-state index contributed by atoms with van der Waals surface area (Å²) in [6, 6.07) is 21.8. The van der Waals surface area contributed by atoms with Crippen LogP contribution < -0.4 is 5.32 Å². The fourth-order valence-corrected chi connectivity index (χ4v) is 5.75. The summed E-state index contributed by atoms with van der Waals surface area (Å²) in [5.41, 5.74) is 2.55. The summed E-state index contributed by atoms with van der Waals surface area (Å²) in [5, 5.41) is 11.7. The molecular weight excluding hydrogens is 564 g/mol. The van der Waals surface area contributed by atoms with Gasteiger partial charge in [-0.2, -0.15) is 0 Å². The second kappa shape index (κ2) is 13.1. The van der Waals surface area contributed by atoms with Crippen LogP contribution in [0.5, 0.6) is 0 Å². The zero-order valence-corrected chi connectivity index (χ0v) is 24.6. The van der Waals surface area contributed by atoms with Gasteiger partial charge in [-0.05, 0) is 91.6 Å². The number of amides is 1. The number of aromatic nitrogens is 4. The molecule has 2 saturated heterocycles. The van der Waals surface area contributed by atoms with E-state index < -0.39 is 5.97 Å². The minimum Gasteiger partial charge on any atom is -0.477 e. The first-order chi connectivity index (χ1) is 22.0. The summed E-state index contributed by atoms with van der Waals surface area (Å²) in [4.78, 5) is 40.6. The number of carboxylic acid groups (broad SMARTS) is 1. The number of piperidine rings is 2. The van der Waals surface area contributed by atoms with Crippen molar-refractivity contribution in [2.24, 2.45) is 22.7 Å². The van der Waals surface area contributed by atoms with Crippen molar-refractivity contribution in [2.45, 2.75) is 12.8 Å². The summed E-state index contributed by atoms with van der Waals surface area (Å²) in [6.45, 7) is 3.70. The predicted octanol–water partition coefficient (Wildman–Crippen LogP) is 3.81. The van der Waals surface area contributed by atoms with Crippen LogP contribution in [0.15, 0.2) is 97.6 Å². The van der Waals surface area contributed by atoms with E-state index in [1.165, 1.54) is 18.7 Å². The van der Waals surface area contributed by atoms with Crippen molar-refractivity contribution < 1.29 is 14.7 Å². The number of likely N-dealkylation sites (tertiary alicyclic amines) is 1. The van der Waals surface area contributed by atoms with Crippen LogP contribution in [0.3, 0.4) is 0 Å². The molecule has 1 amide bonds. The van der Waals surface area contributed by atoms with Gasteiger partial charge in [0.2, 0.25) is 0 Å². The molecule has 0 spiro atoms. The number of aromatic carboxylic acids is 1. The number of carbonyl (C=O) groups is 2. The predicted molar refractivity (Wildman–Crippen MR) is 168 cm³/mol. The summed E-state index contributed by atoms with van der Waals surface area (Å²) in [6.07, 6.45) is 9.00. The summed E-state index contributed by atoms with van der Waals surface area (Å²) >= 11 is 0. The van der Waals surface area contributed by atoms with Crippen molar-refractivity contribution in [3.05, 3.63) is 120 Å². The van der Waals surface area contributed by atoms with Crippen LogP contribution in [-0.4, -0.2) is 68.0 Å². The van der Waals surface area contributed by atoms with Crippen LogP contribution in [0.25, 0.3) is 0 Å². The maximum atomic E-state index is 12.4. The van der Waals surface area contributed by atoms with E-state index in [4.69, 9.17) is 5.11 Å². The van der Waals surface area contributed by atoms with E-state index in [2.05, 4.69) is 48.9 Å². The lowest BCUT2D eigenvalue weighted by molar-refractivity contribution is 0.0689. The topological polar surface area (TPSA) is 121 Å². The summed E-state index contributed by atoms with van der Waals surface area (Å²) < 4.78 is 0. The Morgan fingerprint density at radius 1 is 0.733 bits per heavy atom. The average molecular weight is 597 g/mol. The molecule has 2 saturated carbocycles. The van der Waals surface area contributed by atoms with Crippen molar-refractivity contribution >= 4 is 11.9 Å². The van der Waals surface area contributed by atoms with E-state index in [0.717, 1.165) is 43.4 Å². The van der Waals surface area contributed by atoms with E-state index in [1.54, 1.807) is 36.8 Å². The van der Waals surface area contributed by atoms with Crippen LogP contribution in [0.1, 0.15) is 45.2 Å². The third kappa shape index (κ3) is 7.23. The Morgan fingerprint density at radius 2 is 1.29 bits per heavy atom. The third-order valence-corrected chi connectivity index (χ3v) is 8.47. The standard InChI is InChI=1S/C18H15N3O.C12H12N2.C6H5NO2/c22-17(16-6-2-4-10-20-16)21-12-14-11-18(14,13-21)8-7-15-5-1-3-9-19-15;1-2-6-14-11(3-1)4-5-12-7-10(12)8-13-9-12;8-6(9)5-3-1-2-4-7-5/h1-6,9-10,14H,11-13H2;1-3,6,10,13H,7-9H2;1-4H,(H,8,9). The normalized spacial score (nSPS) is 24.3. The number of pyridine rings is 4. The number of hydrogen-bond acceptors (Lipinski definition) is 7. The molecule has 4 aromatic heterocycles. The van der Waals surface area contributed by atoms with Crippen LogP contribution in [-0.2, 0) is 0 Å². The monoisotopic (exact) mass is 596 g/mol. The van der Waals surface area contributed by atoms with Gasteiger partial charge in [0.05, 0.1) is 5.41 Å². The van der Waals surface area contributed by atoms with Gasteiger partial charge in [0.25, 0.3) is 5.91 Å². The van der Waals surface area contributed by atoms with Crippen molar-refractivity contribution in [1.82, 2.24) is 30.2 Å². The SMILES string of the molecule is C(#CC12CNCC1C2)c1ccccn1.O=C(O)c1ccccn1.O=C(c1ccccn1)N1CC2CC2(C#Cc2ccccn2)C1. The van der Waals surface area contributed by atoms with Crippen molar-refractivity contribution in [2.75, 3.05) is 26.2 Å². The number of carboxylic acids is 1. The highest BCUT2D eigenvalue weighted by atomic mass is 16.4. The molecule has 0 aromatic carbocycles. The molecule has 4 fully saturated rings. The first-order valence-electron chi connectivity index (χ1n) is 14.9. The zero-order valence-electron chi connectivity index (χ0n) is 24.6. The Bertz CT molecular complexity index is 1770. The summed E-state index contributed by atoms with van der Waals surface area (Å²) in [7, 11) is 0. The lowest BCUT2D eigenvalue weighted by Gasteiger charge is -2.18. The Kier molecular flexibility index (Phi) is 8.63. The Balaban J connectivity index is 0.000000132. The molecule has 0 radical (unpaired) electrons. The molecule has 45 heavy (non-hydrogen) atoms. The molecule has 4 unspecified atom stereocenters. The number of carbonyl (C=O) groups excluding carboxylic acids is 1. The van der Waals surface area contributed by atoms with Gasteiger partial charge in [-0.3, -0.25) is 9.78 Å². The molecule has 9 nitrogen and oxygen atoms in total. The third-order valence-electron chi connectivity index (χ3n) is 8.47. The van der Waals surface area contributed by atoms with Crippen molar-refractivity contribution in [1.29, 1.82) is 0 Å². The van der Waals surface area contributed by atoms with Crippen molar-refractivity contribution in [3.63, 3.8) is 0 Å². The second-order valence-corrected chi connectivity index (χ2v) is 11.6. The van der Waals surface area contributed by atoms with Crippen LogP contribution in [0.4, 0.5) is 0 Å². The molecule has 224 valence electrons. The molecular formula is C36H32N6O3. The van der Waals surface area contributed by atoms with E-state index in [9.17, 15) is 9.59 Å². The van der Waals surface area contributed by atoms with Gasteiger partial charge in [-0.15, -0.1) is 0 Å². The molecule has 4 aromatic rings. The molecule has 6 heterocycles. The molecule has 4 aliphatic rings. The summed E-state index contributed by atoms with van der Waals surface area (Å²) in [5.74, 6) is 13.4. The van der Waals surface area contributed by atoms with E-state index >= 15 is 0 Å². The average Bonchev–Trinajstić information content (AvgIpc) is 3.88. The Labute approximate surface area is 262 Å². The second-order valence-electron chi connectivity index (χ2n) is 11.6. The smallest absolute Gasteiger partial charge is 0.354 e. The number of nitrogens with one attached hydrogen (secondary N) is 1. The highest BCUT2D eigenvalue weighted by molar-refractivity contribution is 5.92. The zero-order chi connectivity index (χ0) is 31.1. The van der Waals surface area contributed by atoms with Gasteiger partial charge in [-0.1, -0.05) is 36.1 Å². The molecule has 4 atom stereocenters. The molecule has 8 rings (SSSR count). The Morgan fingerprint density at radius 3 is 1.76 bits per heavy atom. The molecule has 2 aliphatic carbocycles. The van der Waals surface area contributed by atoms with Crippen molar-refractivity contribution in [3.8, 4) is 23.7 Å². The van der Waals surface area contributed by atoms with Crippen LogP contribution >= 0.6 is 0 Å². The molecule has 2 aliphatic heterocycles. The minimum atomic E-state index is -0.990. The van der Waals surface area contributed by atoms with Gasteiger partial charge in [0.1, 0.15) is 22.8 Å². The van der Waals surface area contributed by atoms with Gasteiger partial charge >= 0.3 is 5.97 Å². The number of rotatable bonds is 2. The molecule has 0 bridgehead atoms. The van der Waals surface area contributed by atoms with Gasteiger partial charge in [0.15, 0.2) is 0 Å². The maximum Gasteiger partial charge on any atom is 0.354 e. The van der Waals surface area contributed by atoms with E-state index in [-0.39, 0.29) is 17.0 Å². The lowest BCUT2D eigenvalue weighted by Crippen LogP contribution is -2.32. The lowest BCUT2D eigenvalue weighted by atomic mass is 10.1. The van der Waals surface area contributed by atoms with Crippen LogP contribution in [0, 0.1) is 46.3 Å². The molecule has 2 N–H and O–H groups in total. The van der Waals surface area contributed by atoms with Crippen LogP contribution in [0.2, 0.25) is 0 Å². The first-order valence-corrected chi connectivity index (χ1v) is 14.9. The maximum absolute atomic E-state index is 12.4.